The second-order valence-electron chi connectivity index (χ2n) is 23.1. The lowest BCUT2D eigenvalue weighted by molar-refractivity contribution is 0.668. The van der Waals surface area contributed by atoms with E-state index < -0.39 is 0 Å². The van der Waals surface area contributed by atoms with Crippen LogP contribution in [0.25, 0.3) is 183 Å². The van der Waals surface area contributed by atoms with Crippen molar-refractivity contribution in [3.05, 3.63) is 291 Å². The molecule has 0 aliphatic heterocycles. The van der Waals surface area contributed by atoms with Crippen molar-refractivity contribution < 1.29 is 8.83 Å². The lowest BCUT2D eigenvalue weighted by atomic mass is 9.92. The molecule has 0 saturated heterocycles. The van der Waals surface area contributed by atoms with E-state index in [1.165, 1.54) is 21.5 Å². The first-order valence-corrected chi connectivity index (χ1v) is 30.1. The lowest BCUT2D eigenvalue weighted by Gasteiger charge is -2.21. The summed E-state index contributed by atoms with van der Waals surface area (Å²) in [7, 11) is 0. The fourth-order valence-electron chi connectivity index (χ4n) is 14.1. The van der Waals surface area contributed by atoms with Crippen LogP contribution < -0.4 is 0 Å². The summed E-state index contributed by atoms with van der Waals surface area (Å²) in [5.74, 6) is 1.55. The van der Waals surface area contributed by atoms with Crippen LogP contribution in [0.5, 0.6) is 0 Å². The highest BCUT2D eigenvalue weighted by Gasteiger charge is 2.26. The summed E-state index contributed by atoms with van der Waals surface area (Å²) in [6.45, 7) is 0. The van der Waals surface area contributed by atoms with Crippen molar-refractivity contribution >= 4 is 109 Å². The van der Waals surface area contributed by atoms with Gasteiger partial charge in [-0.05, 0) is 108 Å². The Bertz CT molecular complexity index is 5650. The average Bonchev–Trinajstić information content (AvgIpc) is 1.89. The normalized spacial score (nSPS) is 12.0. The van der Waals surface area contributed by atoms with Crippen molar-refractivity contribution in [2.75, 3.05) is 0 Å². The van der Waals surface area contributed by atoms with Gasteiger partial charge in [-0.25, -0.2) is 15.0 Å². The van der Waals surface area contributed by atoms with Crippen LogP contribution in [0.3, 0.4) is 0 Å². The van der Waals surface area contributed by atoms with E-state index in [1.54, 1.807) is 0 Å². The van der Waals surface area contributed by atoms with E-state index in [0.29, 0.717) is 17.5 Å². The van der Waals surface area contributed by atoms with Crippen LogP contribution in [0.15, 0.2) is 300 Å². The van der Waals surface area contributed by atoms with Crippen molar-refractivity contribution in [3.8, 4) is 73.5 Å². The average molecular weight is 1140 g/mol. The predicted molar refractivity (Wildman–Crippen MR) is 365 cm³/mol. The standard InChI is InChI=1S/C81H48N6O2/c1-3-19-49(20-4-1)66-43-53(81-83-79(51-35-39-64-62-27-11-17-33-74(62)88-76(64)45-51)82-80(84-81)52-36-40-65-63-28-12-18-34-75(63)89-77(65)46-52)44-67(50-21-5-2-6-22-50)78(66)87-72-47-54(85-68-29-13-7-23-56(68)57-24-8-14-30-69(57)85)37-41-60(72)61-42-38-55(48-73(61)87)86-70-31-15-9-25-58(70)59-26-10-16-32-71(59)86/h1-48H. The molecule has 13 aromatic carbocycles. The maximum absolute atomic E-state index is 6.50. The number of nitrogens with zero attached hydrogens (tertiary/aromatic N) is 6. The summed E-state index contributed by atoms with van der Waals surface area (Å²) < 4.78 is 20.4. The second-order valence-corrected chi connectivity index (χ2v) is 23.1. The van der Waals surface area contributed by atoms with Crippen molar-refractivity contribution in [1.82, 2.24) is 28.7 Å². The van der Waals surface area contributed by atoms with Gasteiger partial charge in [0.15, 0.2) is 17.5 Å². The first-order valence-electron chi connectivity index (χ1n) is 30.1. The Morgan fingerprint density at radius 1 is 0.213 bits per heavy atom. The number of rotatable bonds is 8. The third kappa shape index (κ3) is 7.57. The molecule has 0 aliphatic carbocycles. The first kappa shape index (κ1) is 49.2. The van der Waals surface area contributed by atoms with Crippen LogP contribution >= 0.6 is 0 Å². The molecule has 0 N–H and O–H groups in total. The van der Waals surface area contributed by atoms with E-state index >= 15 is 0 Å². The molecule has 0 saturated carbocycles. The quantitative estimate of drug-likeness (QED) is 0.151. The van der Waals surface area contributed by atoms with Crippen molar-refractivity contribution in [2.24, 2.45) is 0 Å². The lowest BCUT2D eigenvalue weighted by Crippen LogP contribution is -2.05. The third-order valence-electron chi connectivity index (χ3n) is 18.1. The summed E-state index contributed by atoms with van der Waals surface area (Å²) in [5, 5.41) is 11.3. The molecule has 8 nitrogen and oxygen atoms in total. The van der Waals surface area contributed by atoms with Gasteiger partial charge >= 0.3 is 0 Å². The number of fused-ring (bicyclic) bond motifs is 15. The molecular formula is C81H48N6O2. The molecule has 0 aliphatic rings. The van der Waals surface area contributed by atoms with E-state index in [2.05, 4.69) is 268 Å². The molecule has 6 aromatic heterocycles. The fraction of sp³-hybridized carbons (Fsp3) is 0. The molecule has 0 spiro atoms. The summed E-state index contributed by atoms with van der Waals surface area (Å²) in [5.41, 5.74) is 19.5. The Kier molecular flexibility index (Phi) is 10.6. The molecule has 19 rings (SSSR count). The van der Waals surface area contributed by atoms with E-state index in [4.69, 9.17) is 23.8 Å². The highest BCUT2D eigenvalue weighted by Crippen LogP contribution is 2.46. The number of aromatic nitrogens is 6. The van der Waals surface area contributed by atoms with Gasteiger partial charge in [0.05, 0.1) is 38.8 Å². The number of benzene rings is 13. The van der Waals surface area contributed by atoms with E-state index in [1.807, 2.05) is 36.4 Å². The van der Waals surface area contributed by atoms with Crippen LogP contribution in [-0.4, -0.2) is 28.7 Å². The van der Waals surface area contributed by atoms with Crippen LogP contribution in [-0.2, 0) is 0 Å². The van der Waals surface area contributed by atoms with E-state index in [-0.39, 0.29) is 0 Å². The van der Waals surface area contributed by atoms with Gasteiger partial charge in [-0.2, -0.15) is 0 Å². The van der Waals surface area contributed by atoms with Gasteiger partial charge in [-0.15, -0.1) is 0 Å². The van der Waals surface area contributed by atoms with E-state index in [9.17, 15) is 0 Å². The minimum Gasteiger partial charge on any atom is -0.456 e. The van der Waals surface area contributed by atoms with Crippen molar-refractivity contribution in [1.29, 1.82) is 0 Å². The molecule has 0 radical (unpaired) electrons. The van der Waals surface area contributed by atoms with Gasteiger partial charge in [-0.1, -0.05) is 194 Å². The number of furan rings is 2. The highest BCUT2D eigenvalue weighted by atomic mass is 16.3. The maximum atomic E-state index is 6.50. The molecule has 19 aromatic rings. The fourth-order valence-corrected chi connectivity index (χ4v) is 14.1. The third-order valence-corrected chi connectivity index (χ3v) is 18.1. The zero-order chi connectivity index (χ0) is 58.3. The Balaban J connectivity index is 0.914. The zero-order valence-electron chi connectivity index (χ0n) is 47.7. The Hall–Kier alpha value is -12.1. The van der Waals surface area contributed by atoms with Crippen LogP contribution in [0, 0.1) is 0 Å². The summed E-state index contributed by atoms with van der Waals surface area (Å²) in [4.78, 5) is 16.3. The maximum Gasteiger partial charge on any atom is 0.164 e. The van der Waals surface area contributed by atoms with Gasteiger partial charge in [-0.3, -0.25) is 0 Å². The summed E-state index contributed by atoms with van der Waals surface area (Å²) >= 11 is 0. The van der Waals surface area contributed by atoms with Crippen LogP contribution in [0.2, 0.25) is 0 Å². The molecule has 0 bridgehead atoms. The first-order chi connectivity index (χ1) is 44.1. The molecule has 0 unspecified atom stereocenters. The second kappa shape index (κ2) is 19.2. The molecule has 8 heteroatoms. The summed E-state index contributed by atoms with van der Waals surface area (Å²) in [6.07, 6.45) is 0. The van der Waals surface area contributed by atoms with Crippen LogP contribution in [0.1, 0.15) is 0 Å². The Morgan fingerprint density at radius 3 is 0.955 bits per heavy atom. The van der Waals surface area contributed by atoms with Gasteiger partial charge < -0.3 is 22.5 Å². The smallest absolute Gasteiger partial charge is 0.164 e. The molecule has 0 fully saturated rings. The molecule has 414 valence electrons. The Labute approximate surface area is 508 Å². The number of hydrogen-bond acceptors (Lipinski definition) is 5. The number of para-hydroxylation sites is 6. The largest absolute Gasteiger partial charge is 0.456 e. The van der Waals surface area contributed by atoms with Gasteiger partial charge in [0.2, 0.25) is 0 Å². The topological polar surface area (TPSA) is 79.7 Å². The van der Waals surface area contributed by atoms with Crippen LogP contribution in [0.4, 0.5) is 0 Å². The van der Waals surface area contributed by atoms with Gasteiger partial charge in [0.25, 0.3) is 0 Å². The molecule has 0 amide bonds. The minimum absolute atomic E-state index is 0.515. The summed E-state index contributed by atoms with van der Waals surface area (Å²) in [6, 6.07) is 104. The monoisotopic (exact) mass is 1140 g/mol. The highest BCUT2D eigenvalue weighted by molar-refractivity contribution is 6.15. The Morgan fingerprint density at radius 2 is 0.539 bits per heavy atom. The molecule has 0 atom stereocenters. The minimum atomic E-state index is 0.515. The molecule has 6 heterocycles. The molecule has 89 heavy (non-hydrogen) atoms. The van der Waals surface area contributed by atoms with Gasteiger partial charge in [0, 0.05) is 93.1 Å². The van der Waals surface area contributed by atoms with Gasteiger partial charge in [0.1, 0.15) is 22.3 Å². The SMILES string of the molecule is c1ccc(-c2cc(-c3nc(-c4ccc5c(c4)oc4ccccc45)nc(-c4ccc5c(c4)oc4ccccc45)n3)cc(-c3ccccc3)c2-n2c3cc(-n4c5ccccc5c5ccccc54)ccc3c3ccc(-n4c5ccccc5c5ccccc54)cc32)cc1. The zero-order valence-corrected chi connectivity index (χ0v) is 47.7. The van der Waals surface area contributed by atoms with Crippen molar-refractivity contribution in [3.63, 3.8) is 0 Å². The van der Waals surface area contributed by atoms with E-state index in [0.717, 1.165) is 144 Å². The van der Waals surface area contributed by atoms with Crippen molar-refractivity contribution in [2.45, 2.75) is 0 Å². The molecular weight excluding hydrogens is 1090 g/mol. The number of hydrogen-bond donors (Lipinski definition) is 0. The predicted octanol–water partition coefficient (Wildman–Crippen LogP) is 21.3.